The second kappa shape index (κ2) is 6.64. The predicted molar refractivity (Wildman–Crippen MR) is 103 cm³/mol. The minimum absolute atomic E-state index is 0.0112. The summed E-state index contributed by atoms with van der Waals surface area (Å²) in [6.07, 6.45) is 1.18. The van der Waals surface area contributed by atoms with Crippen LogP contribution in [0.2, 0.25) is 0 Å². The molecule has 3 N–H and O–H groups in total. The van der Waals surface area contributed by atoms with Crippen LogP contribution >= 0.6 is 11.3 Å². The van der Waals surface area contributed by atoms with Crippen LogP contribution in [-0.4, -0.2) is 35.5 Å². The maximum Gasteiger partial charge on any atom is 0.317 e. The number of anilines is 2. The first-order chi connectivity index (χ1) is 12.6. The number of benzene rings is 1. The first kappa shape index (κ1) is 16.9. The molecule has 1 aromatic heterocycles. The zero-order valence-electron chi connectivity index (χ0n) is 14.6. The van der Waals surface area contributed by atoms with Crippen molar-refractivity contribution in [3.05, 3.63) is 46.7 Å². The van der Waals surface area contributed by atoms with Gasteiger partial charge in [0.2, 0.25) is 5.91 Å². The molecule has 0 aliphatic carbocycles. The van der Waals surface area contributed by atoms with Gasteiger partial charge in [-0.3, -0.25) is 4.79 Å². The van der Waals surface area contributed by atoms with Gasteiger partial charge in [-0.05, 0) is 54.3 Å². The molecule has 3 heterocycles. The number of amides is 3. The third kappa shape index (κ3) is 3.03. The largest absolute Gasteiger partial charge is 0.369 e. The first-order valence-corrected chi connectivity index (χ1v) is 9.78. The number of hydrogen-bond acceptors (Lipinski definition) is 4. The Morgan fingerprint density at radius 3 is 2.65 bits per heavy atom. The van der Waals surface area contributed by atoms with Crippen molar-refractivity contribution in [1.29, 1.82) is 0 Å². The Labute approximate surface area is 156 Å². The maximum atomic E-state index is 12.7. The smallest absolute Gasteiger partial charge is 0.317 e. The van der Waals surface area contributed by atoms with Gasteiger partial charge in [0.15, 0.2) is 0 Å². The van der Waals surface area contributed by atoms with E-state index in [2.05, 4.69) is 16.0 Å². The highest BCUT2D eigenvalue weighted by atomic mass is 32.1. The third-order valence-electron chi connectivity index (χ3n) is 5.27. The van der Waals surface area contributed by atoms with Crippen molar-refractivity contribution in [2.45, 2.75) is 31.3 Å². The monoisotopic (exact) mass is 370 g/mol. The summed E-state index contributed by atoms with van der Waals surface area (Å²) in [6, 6.07) is 9.64. The van der Waals surface area contributed by atoms with E-state index in [1.807, 2.05) is 48.0 Å². The lowest BCUT2D eigenvalue weighted by molar-refractivity contribution is -0.121. The fraction of sp³-hybridized carbons (Fsp3) is 0.368. The molecule has 6 nitrogen and oxygen atoms in total. The number of carbonyl (C=O) groups excluding carboxylic acids is 2. The number of thiophene rings is 1. The molecule has 136 valence electrons. The Bertz CT molecular complexity index is 813. The van der Waals surface area contributed by atoms with Crippen molar-refractivity contribution >= 4 is 34.6 Å². The molecule has 1 spiro atoms. The van der Waals surface area contributed by atoms with Gasteiger partial charge in [0.1, 0.15) is 5.54 Å². The predicted octanol–water partition coefficient (Wildman–Crippen LogP) is 3.42. The second-order valence-electron chi connectivity index (χ2n) is 6.92. The van der Waals surface area contributed by atoms with E-state index in [0.717, 1.165) is 16.9 Å². The summed E-state index contributed by atoms with van der Waals surface area (Å²) >= 11 is 1.62. The molecular weight excluding hydrogens is 348 g/mol. The standard InChI is InChI=1S/C19H22N4O2S/c1-13(14-6-11-26-12-14)20-18(25)23-9-7-19(8-10-23)17(24)21-15-4-2-3-5-16(15)22-19/h2-6,11-13,22H,7-10H2,1H3,(H,20,25)(H,21,24)/t13-/m0/s1. The third-order valence-corrected chi connectivity index (χ3v) is 5.97. The lowest BCUT2D eigenvalue weighted by Crippen LogP contribution is -2.60. The van der Waals surface area contributed by atoms with E-state index in [1.54, 1.807) is 16.2 Å². The van der Waals surface area contributed by atoms with Crippen LogP contribution in [0.4, 0.5) is 16.2 Å². The molecule has 2 aliphatic rings. The number of piperidine rings is 1. The average molecular weight is 370 g/mol. The van der Waals surface area contributed by atoms with Crippen LogP contribution < -0.4 is 16.0 Å². The minimum Gasteiger partial charge on any atom is -0.369 e. The lowest BCUT2D eigenvalue weighted by atomic mass is 9.84. The average Bonchev–Trinajstić information content (AvgIpc) is 3.18. The Hall–Kier alpha value is -2.54. The zero-order valence-corrected chi connectivity index (χ0v) is 15.4. The quantitative estimate of drug-likeness (QED) is 0.758. The van der Waals surface area contributed by atoms with Crippen LogP contribution in [-0.2, 0) is 4.79 Å². The van der Waals surface area contributed by atoms with E-state index in [9.17, 15) is 9.59 Å². The molecule has 0 bridgehead atoms. The lowest BCUT2D eigenvalue weighted by Gasteiger charge is -2.44. The summed E-state index contributed by atoms with van der Waals surface area (Å²) in [6.45, 7) is 3.08. The molecule has 2 aromatic rings. The Kier molecular flexibility index (Phi) is 4.32. The molecule has 7 heteroatoms. The Balaban J connectivity index is 1.39. The molecule has 1 aromatic carbocycles. The number of nitrogens with zero attached hydrogens (tertiary/aromatic N) is 1. The number of likely N-dealkylation sites (tertiary alicyclic amines) is 1. The molecular formula is C19H22N4O2S. The highest BCUT2D eigenvalue weighted by molar-refractivity contribution is 7.07. The van der Waals surface area contributed by atoms with E-state index >= 15 is 0 Å². The van der Waals surface area contributed by atoms with Gasteiger partial charge < -0.3 is 20.9 Å². The van der Waals surface area contributed by atoms with Gasteiger partial charge >= 0.3 is 6.03 Å². The molecule has 0 unspecified atom stereocenters. The van der Waals surface area contributed by atoms with Gasteiger partial charge in [-0.25, -0.2) is 4.79 Å². The normalized spacial score (nSPS) is 19.3. The maximum absolute atomic E-state index is 12.7. The van der Waals surface area contributed by atoms with Crippen molar-refractivity contribution in [2.75, 3.05) is 23.7 Å². The van der Waals surface area contributed by atoms with Crippen LogP contribution in [0.3, 0.4) is 0 Å². The van der Waals surface area contributed by atoms with Crippen LogP contribution in [0.5, 0.6) is 0 Å². The van der Waals surface area contributed by atoms with Crippen molar-refractivity contribution in [1.82, 2.24) is 10.2 Å². The Morgan fingerprint density at radius 2 is 1.96 bits per heavy atom. The topological polar surface area (TPSA) is 73.5 Å². The number of rotatable bonds is 2. The van der Waals surface area contributed by atoms with Gasteiger partial charge in [0, 0.05) is 13.1 Å². The van der Waals surface area contributed by atoms with Crippen LogP contribution in [0.1, 0.15) is 31.4 Å². The van der Waals surface area contributed by atoms with E-state index in [4.69, 9.17) is 0 Å². The van der Waals surface area contributed by atoms with Crippen molar-refractivity contribution in [3.63, 3.8) is 0 Å². The summed E-state index contributed by atoms with van der Waals surface area (Å²) in [4.78, 5) is 27.0. The van der Waals surface area contributed by atoms with Gasteiger partial charge in [0.25, 0.3) is 0 Å². The highest BCUT2D eigenvalue weighted by Gasteiger charge is 2.45. The molecule has 1 saturated heterocycles. The highest BCUT2D eigenvalue weighted by Crippen LogP contribution is 2.36. The van der Waals surface area contributed by atoms with Gasteiger partial charge in [-0.15, -0.1) is 0 Å². The van der Waals surface area contributed by atoms with Crippen molar-refractivity contribution in [2.24, 2.45) is 0 Å². The fourth-order valence-electron chi connectivity index (χ4n) is 3.58. The molecule has 1 fully saturated rings. The number of carbonyl (C=O) groups is 2. The molecule has 3 amide bonds. The number of hydrogen-bond donors (Lipinski definition) is 3. The summed E-state index contributed by atoms with van der Waals surface area (Å²) in [7, 11) is 0. The summed E-state index contributed by atoms with van der Waals surface area (Å²) in [5.74, 6) is -0.0112. The molecule has 2 aliphatic heterocycles. The molecule has 0 radical (unpaired) electrons. The summed E-state index contributed by atoms with van der Waals surface area (Å²) in [5, 5.41) is 13.5. The van der Waals surface area contributed by atoms with E-state index < -0.39 is 5.54 Å². The van der Waals surface area contributed by atoms with Crippen LogP contribution in [0, 0.1) is 0 Å². The minimum atomic E-state index is -0.635. The number of para-hydroxylation sites is 2. The molecule has 1 atom stereocenters. The van der Waals surface area contributed by atoms with Gasteiger partial charge in [-0.2, -0.15) is 11.3 Å². The van der Waals surface area contributed by atoms with Crippen LogP contribution in [0.15, 0.2) is 41.1 Å². The van der Waals surface area contributed by atoms with Gasteiger partial charge in [-0.1, -0.05) is 12.1 Å². The first-order valence-electron chi connectivity index (χ1n) is 8.84. The number of nitrogens with one attached hydrogen (secondary N) is 3. The summed E-state index contributed by atoms with van der Waals surface area (Å²) < 4.78 is 0. The Morgan fingerprint density at radius 1 is 1.23 bits per heavy atom. The van der Waals surface area contributed by atoms with Crippen LogP contribution in [0.25, 0.3) is 0 Å². The summed E-state index contributed by atoms with van der Waals surface area (Å²) in [5.41, 5.74) is 2.23. The fourth-order valence-corrected chi connectivity index (χ4v) is 4.34. The van der Waals surface area contributed by atoms with Crippen molar-refractivity contribution < 1.29 is 9.59 Å². The molecule has 4 rings (SSSR count). The number of urea groups is 1. The van der Waals surface area contributed by atoms with E-state index in [-0.39, 0.29) is 18.0 Å². The van der Waals surface area contributed by atoms with E-state index in [0.29, 0.717) is 25.9 Å². The van der Waals surface area contributed by atoms with Gasteiger partial charge in [0.05, 0.1) is 17.4 Å². The SMILES string of the molecule is C[C@H](NC(=O)N1CCC2(CC1)Nc1ccccc1NC2=O)c1ccsc1. The number of fused-ring (bicyclic) bond motifs is 1. The molecule has 0 saturated carbocycles. The molecule has 26 heavy (non-hydrogen) atoms. The second-order valence-corrected chi connectivity index (χ2v) is 7.70. The zero-order chi connectivity index (χ0) is 18.1. The van der Waals surface area contributed by atoms with E-state index in [1.165, 1.54) is 0 Å². The van der Waals surface area contributed by atoms with Crippen molar-refractivity contribution in [3.8, 4) is 0 Å².